The molecular formula is C51H55NO17. The van der Waals surface area contributed by atoms with Gasteiger partial charge < -0.3 is 49.1 Å². The highest BCUT2D eigenvalue weighted by Gasteiger charge is 2.78. The van der Waals surface area contributed by atoms with Gasteiger partial charge in [-0.15, -0.1) is 0 Å². The molecule has 0 spiro atoms. The topological polar surface area (TPSA) is 265 Å². The Hall–Kier alpha value is -6.76. The van der Waals surface area contributed by atoms with Crippen LogP contribution in [-0.2, 0) is 57.2 Å². The summed E-state index contributed by atoms with van der Waals surface area (Å²) < 4.78 is 36.3. The molecule has 4 aliphatic rings. The first-order valence-corrected chi connectivity index (χ1v) is 22.5. The second kappa shape index (κ2) is 19.3. The van der Waals surface area contributed by atoms with Crippen molar-refractivity contribution in [1.29, 1.82) is 0 Å². The highest BCUT2D eigenvalue weighted by Crippen LogP contribution is 2.64. The van der Waals surface area contributed by atoms with Crippen molar-refractivity contribution >= 4 is 47.5 Å². The number of aliphatic hydroxyl groups is 2. The number of aliphatic hydroxyl groups excluding tert-OH is 1. The van der Waals surface area contributed by atoms with Gasteiger partial charge >= 0.3 is 35.8 Å². The van der Waals surface area contributed by atoms with Crippen LogP contribution in [0.3, 0.4) is 0 Å². The third kappa shape index (κ3) is 9.15. The molecule has 2 bridgehead atoms. The molecule has 11 atom stereocenters. The number of aliphatic carboxylic acids is 1. The smallest absolute Gasteiger partial charge is 0.350 e. The zero-order chi connectivity index (χ0) is 50.2. The van der Waals surface area contributed by atoms with Gasteiger partial charge in [0.1, 0.15) is 30.0 Å². The largest absolute Gasteiger partial charge is 0.481 e. The number of carbonyl (C=O) groups is 8. The Kier molecular flexibility index (Phi) is 14.0. The van der Waals surface area contributed by atoms with Crippen molar-refractivity contribution in [1.82, 2.24) is 5.32 Å². The number of carboxylic acids is 1. The van der Waals surface area contributed by atoms with Crippen LogP contribution in [0, 0.1) is 16.7 Å². The number of fused-ring (bicyclic) bond motifs is 5. The first-order chi connectivity index (χ1) is 32.6. The van der Waals surface area contributed by atoms with E-state index in [9.17, 15) is 44.1 Å². The van der Waals surface area contributed by atoms with Crippen LogP contribution < -0.4 is 5.32 Å². The minimum absolute atomic E-state index is 0.0221. The van der Waals surface area contributed by atoms with E-state index in [1.165, 1.54) is 52.0 Å². The number of nitrogens with one attached hydrogen (secondary N) is 1. The fourth-order valence-electron chi connectivity index (χ4n) is 10.7. The van der Waals surface area contributed by atoms with E-state index in [0.29, 0.717) is 0 Å². The second-order valence-corrected chi connectivity index (χ2v) is 18.7. The molecule has 7 rings (SSSR count). The highest BCUT2D eigenvalue weighted by molar-refractivity contribution is 5.96. The van der Waals surface area contributed by atoms with Crippen LogP contribution in [0.5, 0.6) is 0 Å². The van der Waals surface area contributed by atoms with Gasteiger partial charge in [-0.1, -0.05) is 80.6 Å². The van der Waals surface area contributed by atoms with Crippen molar-refractivity contribution in [3.63, 3.8) is 0 Å². The summed E-state index contributed by atoms with van der Waals surface area (Å²) in [7, 11) is 0. The number of rotatable bonds is 14. The zero-order valence-corrected chi connectivity index (χ0v) is 38.9. The Bertz CT molecular complexity index is 2550. The van der Waals surface area contributed by atoms with Gasteiger partial charge in [0.2, 0.25) is 6.10 Å². The average molecular weight is 954 g/mol. The molecule has 366 valence electrons. The molecule has 0 aromatic heterocycles. The van der Waals surface area contributed by atoms with Gasteiger partial charge in [-0.25, -0.2) is 9.59 Å². The van der Waals surface area contributed by atoms with Gasteiger partial charge in [-0.2, -0.15) is 0 Å². The molecule has 2 saturated carbocycles. The Morgan fingerprint density at radius 1 is 0.812 bits per heavy atom. The number of amides is 1. The molecule has 3 aromatic rings. The summed E-state index contributed by atoms with van der Waals surface area (Å²) in [6.45, 7) is 7.68. The number of hydrogen-bond donors (Lipinski definition) is 4. The molecule has 3 aliphatic carbocycles. The number of benzene rings is 3. The molecule has 2 unspecified atom stereocenters. The summed E-state index contributed by atoms with van der Waals surface area (Å²) in [6.07, 6.45) is -12.5. The number of Topliss-reactive ketones (excluding diaryl/α,β-unsaturated/α-hetero) is 1. The van der Waals surface area contributed by atoms with Gasteiger partial charge in [0, 0.05) is 37.7 Å². The summed E-state index contributed by atoms with van der Waals surface area (Å²) >= 11 is 0. The molecule has 0 radical (unpaired) electrons. The Labute approximate surface area is 397 Å². The third-order valence-corrected chi connectivity index (χ3v) is 14.3. The lowest BCUT2D eigenvalue weighted by atomic mass is 9.44. The molecule has 1 heterocycles. The lowest BCUT2D eigenvalue weighted by Crippen LogP contribution is -2.82. The van der Waals surface area contributed by atoms with Crippen molar-refractivity contribution in [3.05, 3.63) is 119 Å². The van der Waals surface area contributed by atoms with Crippen molar-refractivity contribution in [2.75, 3.05) is 6.61 Å². The van der Waals surface area contributed by atoms with Gasteiger partial charge in [0.15, 0.2) is 17.5 Å². The predicted molar refractivity (Wildman–Crippen MR) is 238 cm³/mol. The maximum atomic E-state index is 15.7. The number of ketones is 1. The van der Waals surface area contributed by atoms with Crippen molar-refractivity contribution in [3.8, 4) is 0 Å². The van der Waals surface area contributed by atoms with E-state index in [2.05, 4.69) is 5.32 Å². The lowest BCUT2D eigenvalue weighted by molar-refractivity contribution is -0.346. The zero-order valence-electron chi connectivity index (χ0n) is 38.9. The molecule has 4 N–H and O–H groups in total. The van der Waals surface area contributed by atoms with Crippen LogP contribution in [0.4, 0.5) is 0 Å². The number of carbonyl (C=O) groups excluding carboxylic acids is 7. The first kappa shape index (κ1) is 50.1. The number of carboxylic acid groups (broad SMARTS) is 1. The van der Waals surface area contributed by atoms with Crippen LogP contribution >= 0.6 is 0 Å². The van der Waals surface area contributed by atoms with E-state index < -0.39 is 137 Å². The third-order valence-electron chi connectivity index (χ3n) is 14.3. The van der Waals surface area contributed by atoms with E-state index in [-0.39, 0.29) is 40.9 Å². The van der Waals surface area contributed by atoms with E-state index in [0.717, 1.165) is 13.8 Å². The lowest BCUT2D eigenvalue weighted by Gasteiger charge is -2.67. The summed E-state index contributed by atoms with van der Waals surface area (Å²) in [4.78, 5) is 110. The van der Waals surface area contributed by atoms with E-state index in [1.54, 1.807) is 66.7 Å². The summed E-state index contributed by atoms with van der Waals surface area (Å²) in [5.41, 5.74) is -7.77. The van der Waals surface area contributed by atoms with Crippen LogP contribution in [0.2, 0.25) is 0 Å². The highest BCUT2D eigenvalue weighted by atomic mass is 16.6. The molecule has 1 aliphatic heterocycles. The monoisotopic (exact) mass is 953 g/mol. The molecule has 69 heavy (non-hydrogen) atoms. The summed E-state index contributed by atoms with van der Waals surface area (Å²) in [5.74, 6) is -9.78. The minimum atomic E-state index is -2.50. The average Bonchev–Trinajstić information content (AvgIpc) is 3.30. The molecule has 18 heteroatoms. The minimum Gasteiger partial charge on any atom is -0.481 e. The second-order valence-electron chi connectivity index (χ2n) is 18.7. The van der Waals surface area contributed by atoms with E-state index in [1.807, 2.05) is 0 Å². The number of ether oxygens (including phenoxy) is 6. The molecule has 3 fully saturated rings. The number of esters is 5. The van der Waals surface area contributed by atoms with Crippen LogP contribution in [0.15, 0.2) is 102 Å². The Morgan fingerprint density at radius 2 is 1.41 bits per heavy atom. The van der Waals surface area contributed by atoms with Crippen molar-refractivity contribution in [2.45, 2.75) is 121 Å². The van der Waals surface area contributed by atoms with Gasteiger partial charge in [-0.3, -0.25) is 28.8 Å². The summed E-state index contributed by atoms with van der Waals surface area (Å²) in [6, 6.07) is 22.1. The summed E-state index contributed by atoms with van der Waals surface area (Å²) in [5, 5.41) is 38.2. The SMILES string of the molecule is CC(=O)O[C@H]1C(=O)[C@@]2(C)[C@H]([C@@H](OC(=O)c3ccccc3)[C@]3(O)C[C@H](OC(=O)[C@H](OC(=O)CCC(=O)O)[C@@H](NC(=O)c4ccccc4)c4ccccc4)C(C)=C1C3(C)C)C1(OC(C)=O)COC1C[C@@H]2O. The Balaban J connectivity index is 1.42. The van der Waals surface area contributed by atoms with Crippen LogP contribution in [0.25, 0.3) is 0 Å². The van der Waals surface area contributed by atoms with Crippen LogP contribution in [0.1, 0.15) is 99.5 Å². The van der Waals surface area contributed by atoms with Gasteiger partial charge in [0.25, 0.3) is 5.91 Å². The molecular weight excluding hydrogens is 899 g/mol. The van der Waals surface area contributed by atoms with E-state index >= 15 is 9.59 Å². The molecule has 1 amide bonds. The molecule has 3 aromatic carbocycles. The Morgan fingerprint density at radius 3 is 1.96 bits per heavy atom. The molecule has 1 saturated heterocycles. The predicted octanol–water partition coefficient (Wildman–Crippen LogP) is 4.15. The van der Waals surface area contributed by atoms with E-state index in [4.69, 9.17) is 28.4 Å². The van der Waals surface area contributed by atoms with Crippen LogP contribution in [-0.4, -0.2) is 117 Å². The van der Waals surface area contributed by atoms with Crippen molar-refractivity contribution in [2.24, 2.45) is 16.7 Å². The maximum absolute atomic E-state index is 15.7. The number of hydrogen-bond acceptors (Lipinski definition) is 16. The maximum Gasteiger partial charge on any atom is 0.350 e. The normalized spacial score (nSPS) is 29.7. The van der Waals surface area contributed by atoms with Gasteiger partial charge in [-0.05, 0) is 54.8 Å². The fraction of sp³-hybridized carbons (Fsp3) is 0.451. The quantitative estimate of drug-likeness (QED) is 0.100. The first-order valence-electron chi connectivity index (χ1n) is 22.5. The molecule has 18 nitrogen and oxygen atoms in total. The van der Waals surface area contributed by atoms with Crippen molar-refractivity contribution < 1.29 is 82.1 Å². The fourth-order valence-corrected chi connectivity index (χ4v) is 10.7. The standard InChI is InChI=1S/C51H55NO17/c1-27-33(66-47(62)41(67-37(58)23-22-36(56)57)39(30-16-10-7-11-17-30)52-45(60)31-18-12-8-13-19-31)25-51(63)44(68-46(61)32-20-14-9-15-21-32)42-49(6,34(55)24-35-50(42,26-64-35)69-29(3)54)43(59)40(65-28(2)53)38(27)48(51,4)5/h7-21,33-35,39-42,44,55,63H,22-26H2,1-6H3,(H,52,60)(H,56,57)/t33-,34-,35?,39-,40+,41+,42-,44+,49+,50?,51+/m0/s1. The van der Waals surface area contributed by atoms with Gasteiger partial charge in [0.05, 0.1) is 42.4 Å².